The number of ketones is 1. The van der Waals surface area contributed by atoms with Crippen molar-refractivity contribution in [2.24, 2.45) is 23.2 Å². The summed E-state index contributed by atoms with van der Waals surface area (Å²) in [5.41, 5.74) is 2.46. The molecule has 1 aliphatic heterocycles. The summed E-state index contributed by atoms with van der Waals surface area (Å²) in [5.74, 6) is -0.292. The van der Waals surface area contributed by atoms with Crippen LogP contribution in [-0.4, -0.2) is 21.5 Å². The van der Waals surface area contributed by atoms with Gasteiger partial charge in [-0.2, -0.15) is 0 Å². The van der Waals surface area contributed by atoms with Crippen LogP contribution in [0.5, 0.6) is 0 Å². The highest BCUT2D eigenvalue weighted by molar-refractivity contribution is 6.11. The fourth-order valence-electron chi connectivity index (χ4n) is 3.31. The van der Waals surface area contributed by atoms with Crippen LogP contribution < -0.4 is 4.90 Å². The highest BCUT2D eigenvalue weighted by Crippen LogP contribution is 2.34. The van der Waals surface area contributed by atoms with Crippen LogP contribution >= 0.6 is 0 Å². The second-order valence-electron chi connectivity index (χ2n) is 6.87. The van der Waals surface area contributed by atoms with Crippen molar-refractivity contribution in [3.8, 4) is 0 Å². The number of allylic oxidation sites excluding steroid dienone is 4. The monoisotopic (exact) mass is 362 g/mol. The van der Waals surface area contributed by atoms with E-state index in [0.29, 0.717) is 11.3 Å². The quantitative estimate of drug-likeness (QED) is 0.804. The SMILES string of the molecule is CC(C)C1=CC(=C2N=NC(=O)N2c2ccc3c(ccn3C)c2)C(=O)C=C1O. The lowest BCUT2D eigenvalue weighted by atomic mass is 9.91. The van der Waals surface area contributed by atoms with E-state index >= 15 is 0 Å². The van der Waals surface area contributed by atoms with Crippen LogP contribution in [0, 0.1) is 5.92 Å². The number of carbonyl (C=O) groups excluding carboxylic acids is 2. The number of urea groups is 1. The predicted octanol–water partition coefficient (Wildman–Crippen LogP) is 4.39. The maximum atomic E-state index is 12.5. The molecule has 2 aromatic rings. The first-order chi connectivity index (χ1) is 12.9. The number of hydrogen-bond acceptors (Lipinski definition) is 4. The normalized spacial score (nSPS) is 20.1. The maximum Gasteiger partial charge on any atom is 0.372 e. The molecule has 136 valence electrons. The predicted molar refractivity (Wildman–Crippen MR) is 101 cm³/mol. The topological polar surface area (TPSA) is 87.3 Å². The van der Waals surface area contributed by atoms with Crippen molar-refractivity contribution in [2.75, 3.05) is 4.90 Å². The third-order valence-electron chi connectivity index (χ3n) is 4.75. The summed E-state index contributed by atoms with van der Waals surface area (Å²) in [7, 11) is 1.94. The highest BCUT2D eigenvalue weighted by atomic mass is 16.3. The molecule has 0 saturated heterocycles. The zero-order valence-electron chi connectivity index (χ0n) is 15.2. The number of carbonyl (C=O) groups is 2. The summed E-state index contributed by atoms with van der Waals surface area (Å²) < 4.78 is 1.98. The average molecular weight is 362 g/mol. The zero-order chi connectivity index (χ0) is 19.3. The Labute approximate surface area is 155 Å². The number of nitrogens with zero attached hydrogens (tertiary/aromatic N) is 4. The summed E-state index contributed by atoms with van der Waals surface area (Å²) in [4.78, 5) is 26.2. The van der Waals surface area contributed by atoms with Crippen molar-refractivity contribution in [3.63, 3.8) is 0 Å². The number of aliphatic hydroxyl groups excluding tert-OH is 1. The van der Waals surface area contributed by atoms with Crippen molar-refractivity contribution >= 4 is 28.4 Å². The van der Waals surface area contributed by atoms with Gasteiger partial charge in [0, 0.05) is 30.2 Å². The van der Waals surface area contributed by atoms with Crippen LogP contribution in [-0.2, 0) is 11.8 Å². The summed E-state index contributed by atoms with van der Waals surface area (Å²) >= 11 is 0. The van der Waals surface area contributed by atoms with Crippen molar-refractivity contribution < 1.29 is 14.7 Å². The fourth-order valence-corrected chi connectivity index (χ4v) is 3.31. The minimum atomic E-state index is -0.557. The van der Waals surface area contributed by atoms with E-state index in [1.165, 1.54) is 4.90 Å². The third kappa shape index (κ3) is 2.68. The molecule has 2 heterocycles. The molecule has 1 aliphatic carbocycles. The van der Waals surface area contributed by atoms with E-state index in [0.717, 1.165) is 17.0 Å². The molecule has 7 heteroatoms. The lowest BCUT2D eigenvalue weighted by molar-refractivity contribution is -0.111. The van der Waals surface area contributed by atoms with E-state index < -0.39 is 11.8 Å². The number of rotatable bonds is 2. The van der Waals surface area contributed by atoms with Gasteiger partial charge in [0.1, 0.15) is 5.76 Å². The Morgan fingerprint density at radius 2 is 1.85 bits per heavy atom. The molecule has 1 aromatic carbocycles. The molecule has 27 heavy (non-hydrogen) atoms. The lowest BCUT2D eigenvalue weighted by Crippen LogP contribution is -2.25. The molecule has 0 spiro atoms. The van der Waals surface area contributed by atoms with Crippen LogP contribution in [0.15, 0.2) is 75.6 Å². The Balaban J connectivity index is 1.86. The lowest BCUT2D eigenvalue weighted by Gasteiger charge is -2.20. The van der Waals surface area contributed by atoms with Crippen molar-refractivity contribution in [1.29, 1.82) is 0 Å². The van der Waals surface area contributed by atoms with Gasteiger partial charge in [-0.25, -0.2) is 9.69 Å². The average Bonchev–Trinajstić information content (AvgIpc) is 3.17. The molecular weight excluding hydrogens is 344 g/mol. The summed E-state index contributed by atoms with van der Waals surface area (Å²) in [5, 5.41) is 18.6. The van der Waals surface area contributed by atoms with Crippen LogP contribution in [0.2, 0.25) is 0 Å². The van der Waals surface area contributed by atoms with Gasteiger partial charge in [0.15, 0.2) is 11.6 Å². The van der Waals surface area contributed by atoms with Crippen molar-refractivity contribution in [3.05, 3.63) is 65.3 Å². The maximum absolute atomic E-state index is 12.5. The molecule has 0 fully saturated rings. The number of fused-ring (bicyclic) bond motifs is 1. The molecule has 4 rings (SSSR count). The largest absolute Gasteiger partial charge is 0.508 e. The van der Waals surface area contributed by atoms with Gasteiger partial charge in [-0.1, -0.05) is 19.0 Å². The number of hydrogen-bond donors (Lipinski definition) is 1. The second kappa shape index (κ2) is 6.05. The Kier molecular flexibility index (Phi) is 3.80. The Bertz CT molecular complexity index is 1120. The van der Waals surface area contributed by atoms with Gasteiger partial charge in [-0.05, 0) is 41.8 Å². The Morgan fingerprint density at radius 1 is 1.07 bits per heavy atom. The molecule has 0 bridgehead atoms. The zero-order valence-corrected chi connectivity index (χ0v) is 15.2. The van der Waals surface area contributed by atoms with E-state index in [1.807, 2.05) is 49.9 Å². The molecular formula is C20H18N4O3. The minimum absolute atomic E-state index is 0.00751. The first-order valence-corrected chi connectivity index (χ1v) is 8.59. The highest BCUT2D eigenvalue weighted by Gasteiger charge is 2.32. The van der Waals surface area contributed by atoms with Gasteiger partial charge in [-0.15, -0.1) is 5.11 Å². The first kappa shape index (κ1) is 17.0. The molecule has 0 saturated carbocycles. The van der Waals surface area contributed by atoms with Gasteiger partial charge in [0.05, 0.1) is 11.3 Å². The van der Waals surface area contributed by atoms with Crippen LogP contribution in [0.3, 0.4) is 0 Å². The number of aliphatic hydroxyl groups is 1. The van der Waals surface area contributed by atoms with Gasteiger partial charge < -0.3 is 9.67 Å². The number of anilines is 1. The number of benzene rings is 1. The minimum Gasteiger partial charge on any atom is -0.508 e. The molecule has 1 aromatic heterocycles. The standard InChI is InChI=1S/C20H18N4O3/c1-11(2)14-9-15(18(26)10-17(14)25)19-21-22-20(27)24(19)13-4-5-16-12(8-13)6-7-23(16)3/h4-11,25H,1-3H3. The molecule has 0 unspecified atom stereocenters. The first-order valence-electron chi connectivity index (χ1n) is 8.59. The van der Waals surface area contributed by atoms with Crippen molar-refractivity contribution in [1.82, 2.24) is 4.57 Å². The smallest absolute Gasteiger partial charge is 0.372 e. The van der Waals surface area contributed by atoms with E-state index in [9.17, 15) is 14.7 Å². The third-order valence-corrected chi connectivity index (χ3v) is 4.75. The van der Waals surface area contributed by atoms with E-state index in [-0.39, 0.29) is 23.1 Å². The van der Waals surface area contributed by atoms with Crippen LogP contribution in [0.1, 0.15) is 13.8 Å². The summed E-state index contributed by atoms with van der Waals surface area (Å²) in [6.45, 7) is 3.83. The number of aryl methyl sites for hydroxylation is 1. The molecule has 2 amide bonds. The number of aromatic nitrogens is 1. The second-order valence-corrected chi connectivity index (χ2v) is 6.87. The Morgan fingerprint density at radius 3 is 2.59 bits per heavy atom. The molecule has 7 nitrogen and oxygen atoms in total. The number of azo groups is 1. The van der Waals surface area contributed by atoms with Crippen molar-refractivity contribution in [2.45, 2.75) is 13.8 Å². The van der Waals surface area contributed by atoms with Crippen LogP contribution in [0.4, 0.5) is 10.5 Å². The van der Waals surface area contributed by atoms with Gasteiger partial charge in [-0.3, -0.25) is 4.79 Å². The summed E-state index contributed by atoms with van der Waals surface area (Å²) in [6.07, 6.45) is 4.68. The number of amides is 2. The van der Waals surface area contributed by atoms with Crippen LogP contribution in [0.25, 0.3) is 10.9 Å². The molecule has 0 radical (unpaired) electrons. The molecule has 2 aliphatic rings. The van der Waals surface area contributed by atoms with E-state index in [2.05, 4.69) is 10.2 Å². The summed E-state index contributed by atoms with van der Waals surface area (Å²) in [6, 6.07) is 6.95. The van der Waals surface area contributed by atoms with Gasteiger partial charge in [0.2, 0.25) is 0 Å². The molecule has 0 atom stereocenters. The van der Waals surface area contributed by atoms with E-state index in [4.69, 9.17) is 0 Å². The van der Waals surface area contributed by atoms with Gasteiger partial charge >= 0.3 is 6.03 Å². The van der Waals surface area contributed by atoms with Gasteiger partial charge in [0.25, 0.3) is 0 Å². The molecule has 1 N–H and O–H groups in total. The fraction of sp³-hybridized carbons (Fsp3) is 0.200. The Hall–Kier alpha value is -3.48. The van der Waals surface area contributed by atoms with E-state index in [1.54, 1.807) is 12.1 Å².